The number of nitrogens with zero attached hydrogens (tertiary/aromatic N) is 2. The highest BCUT2D eigenvalue weighted by molar-refractivity contribution is 6.17. The fourth-order valence-corrected chi connectivity index (χ4v) is 8.97. The molecule has 236 valence electrons. The minimum Gasteiger partial charge on any atom is -0.228 e. The van der Waals surface area contributed by atoms with Gasteiger partial charge in [-0.2, -0.15) is 0 Å². The summed E-state index contributed by atoms with van der Waals surface area (Å²) in [5.41, 5.74) is 14.9. The monoisotopic (exact) mass is 646 g/mol. The van der Waals surface area contributed by atoms with E-state index in [4.69, 9.17) is 9.97 Å². The Hall–Kier alpha value is -6.64. The maximum absolute atomic E-state index is 5.23. The van der Waals surface area contributed by atoms with Crippen LogP contribution in [0.5, 0.6) is 0 Å². The summed E-state index contributed by atoms with van der Waals surface area (Å²) in [5, 5.41) is 5.34. The SMILES string of the molecule is c1ccc(-c2cc(-c3ccccc3-c3ccc4c(c3)C3(c5ccccc5-4)c4cccc5ccc6cccc3c6c45)nc(-c3ccccc3)n2)cc1. The first-order valence-corrected chi connectivity index (χ1v) is 17.6. The van der Waals surface area contributed by atoms with Gasteiger partial charge in [0.25, 0.3) is 0 Å². The topological polar surface area (TPSA) is 25.8 Å². The molecule has 0 fully saturated rings. The lowest BCUT2D eigenvalue weighted by Gasteiger charge is -2.31. The van der Waals surface area contributed by atoms with Crippen LogP contribution in [0.25, 0.3) is 77.7 Å². The van der Waals surface area contributed by atoms with Crippen molar-refractivity contribution in [3.8, 4) is 56.2 Å². The molecular formula is C49H30N2. The average molecular weight is 647 g/mol. The zero-order valence-corrected chi connectivity index (χ0v) is 27.7. The standard InChI is InChI=1S/C49H30N2/c1-3-13-31(14-4-1)44-30-45(51-48(50-44)34-15-5-2-6-16-34)39-21-8-7-19-36(39)35-27-28-38-37-20-9-10-22-40(37)49(43(38)29-35)41-23-11-17-32-25-26-33-18-12-24-42(49)47(33)46(32)41/h1-30H. The predicted octanol–water partition coefficient (Wildman–Crippen LogP) is 12.1. The molecule has 0 radical (unpaired) electrons. The third kappa shape index (κ3) is 3.93. The summed E-state index contributed by atoms with van der Waals surface area (Å²) in [6.45, 7) is 0. The van der Waals surface area contributed by atoms with Gasteiger partial charge in [0.15, 0.2) is 5.82 Å². The van der Waals surface area contributed by atoms with E-state index in [1.807, 2.05) is 24.3 Å². The van der Waals surface area contributed by atoms with Gasteiger partial charge in [0.1, 0.15) is 0 Å². The molecule has 1 spiro atoms. The number of hydrogen-bond acceptors (Lipinski definition) is 2. The molecule has 0 unspecified atom stereocenters. The molecule has 0 aliphatic heterocycles. The first kappa shape index (κ1) is 28.2. The number of rotatable bonds is 4. The highest BCUT2D eigenvalue weighted by atomic mass is 14.9. The number of hydrogen-bond donors (Lipinski definition) is 0. The summed E-state index contributed by atoms with van der Waals surface area (Å²) in [5.74, 6) is 0.718. The molecule has 9 aromatic rings. The molecule has 0 atom stereocenters. The second kappa shape index (κ2) is 10.7. The normalized spacial score (nSPS) is 13.3. The summed E-state index contributed by atoms with van der Waals surface area (Å²) in [7, 11) is 0. The summed E-state index contributed by atoms with van der Waals surface area (Å²) in [4.78, 5) is 10.3. The fourth-order valence-electron chi connectivity index (χ4n) is 8.97. The van der Waals surface area contributed by atoms with E-state index in [0.29, 0.717) is 0 Å². The van der Waals surface area contributed by atoms with Crippen LogP contribution < -0.4 is 0 Å². The molecule has 1 aromatic heterocycles. The Morgan fingerprint density at radius 3 is 1.57 bits per heavy atom. The highest BCUT2D eigenvalue weighted by Crippen LogP contribution is 2.62. The Morgan fingerprint density at radius 1 is 0.314 bits per heavy atom. The van der Waals surface area contributed by atoms with Gasteiger partial charge < -0.3 is 0 Å². The zero-order valence-electron chi connectivity index (χ0n) is 27.7. The van der Waals surface area contributed by atoms with Crippen molar-refractivity contribution in [3.05, 3.63) is 204 Å². The van der Waals surface area contributed by atoms with Crippen LogP contribution in [0.2, 0.25) is 0 Å². The Labute approximate surface area is 296 Å². The first-order valence-electron chi connectivity index (χ1n) is 17.6. The Morgan fingerprint density at radius 2 is 0.863 bits per heavy atom. The van der Waals surface area contributed by atoms with Gasteiger partial charge in [0.2, 0.25) is 0 Å². The van der Waals surface area contributed by atoms with Crippen molar-refractivity contribution in [2.45, 2.75) is 5.41 Å². The van der Waals surface area contributed by atoms with E-state index < -0.39 is 5.41 Å². The third-order valence-corrected chi connectivity index (χ3v) is 11.1. The van der Waals surface area contributed by atoms with Crippen LogP contribution in [0.1, 0.15) is 22.3 Å². The summed E-state index contributed by atoms with van der Waals surface area (Å²) in [6, 6.07) is 66.0. The van der Waals surface area contributed by atoms with E-state index >= 15 is 0 Å². The molecule has 2 aliphatic carbocycles. The fraction of sp³-hybridized carbons (Fsp3) is 0.0204. The van der Waals surface area contributed by atoms with Crippen LogP contribution in [-0.2, 0) is 5.41 Å². The lowest BCUT2D eigenvalue weighted by molar-refractivity contribution is 0.797. The van der Waals surface area contributed by atoms with E-state index in [2.05, 4.69) is 158 Å². The number of aromatic nitrogens is 2. The van der Waals surface area contributed by atoms with Crippen molar-refractivity contribution >= 4 is 21.5 Å². The maximum atomic E-state index is 5.23. The third-order valence-electron chi connectivity index (χ3n) is 11.1. The van der Waals surface area contributed by atoms with Gasteiger partial charge in [0.05, 0.1) is 16.8 Å². The molecule has 8 aromatic carbocycles. The lowest BCUT2D eigenvalue weighted by Crippen LogP contribution is -2.26. The summed E-state index contributed by atoms with van der Waals surface area (Å²) < 4.78 is 0. The van der Waals surface area contributed by atoms with Crippen LogP contribution >= 0.6 is 0 Å². The number of fused-ring (bicyclic) bond motifs is 7. The molecule has 0 amide bonds. The highest BCUT2D eigenvalue weighted by Gasteiger charge is 2.50. The van der Waals surface area contributed by atoms with Crippen molar-refractivity contribution in [2.75, 3.05) is 0 Å². The Kier molecular flexibility index (Phi) is 5.91. The van der Waals surface area contributed by atoms with Crippen molar-refractivity contribution in [3.63, 3.8) is 0 Å². The van der Waals surface area contributed by atoms with E-state index in [-0.39, 0.29) is 0 Å². The smallest absolute Gasteiger partial charge is 0.160 e. The van der Waals surface area contributed by atoms with Crippen molar-refractivity contribution in [2.24, 2.45) is 0 Å². The van der Waals surface area contributed by atoms with Crippen LogP contribution in [-0.4, -0.2) is 9.97 Å². The van der Waals surface area contributed by atoms with Crippen molar-refractivity contribution in [1.29, 1.82) is 0 Å². The molecule has 2 aliphatic rings. The molecule has 0 N–H and O–H groups in total. The van der Waals surface area contributed by atoms with E-state index in [1.54, 1.807) is 0 Å². The van der Waals surface area contributed by atoms with Gasteiger partial charge in [-0.25, -0.2) is 9.97 Å². The average Bonchev–Trinajstić information content (AvgIpc) is 3.68. The molecule has 2 heteroatoms. The summed E-state index contributed by atoms with van der Waals surface area (Å²) >= 11 is 0. The minimum absolute atomic E-state index is 0.407. The van der Waals surface area contributed by atoms with Crippen LogP contribution in [0.15, 0.2) is 182 Å². The van der Waals surface area contributed by atoms with Gasteiger partial charge in [0, 0.05) is 16.7 Å². The minimum atomic E-state index is -0.407. The molecule has 0 bridgehead atoms. The van der Waals surface area contributed by atoms with Crippen molar-refractivity contribution in [1.82, 2.24) is 9.97 Å². The van der Waals surface area contributed by atoms with Crippen molar-refractivity contribution < 1.29 is 0 Å². The number of benzene rings is 8. The zero-order chi connectivity index (χ0) is 33.5. The molecule has 1 heterocycles. The van der Waals surface area contributed by atoms with E-state index in [1.165, 1.54) is 60.5 Å². The van der Waals surface area contributed by atoms with Gasteiger partial charge in [-0.3, -0.25) is 0 Å². The van der Waals surface area contributed by atoms with Gasteiger partial charge in [-0.05, 0) is 78.2 Å². The Bertz CT molecular complexity index is 2730. The molecule has 51 heavy (non-hydrogen) atoms. The molecule has 11 rings (SSSR count). The molecule has 0 saturated heterocycles. The second-order valence-electron chi connectivity index (χ2n) is 13.7. The predicted molar refractivity (Wildman–Crippen MR) is 210 cm³/mol. The van der Waals surface area contributed by atoms with Gasteiger partial charge >= 0.3 is 0 Å². The summed E-state index contributed by atoms with van der Waals surface area (Å²) in [6.07, 6.45) is 0. The van der Waals surface area contributed by atoms with Gasteiger partial charge in [-0.1, -0.05) is 170 Å². The lowest BCUT2D eigenvalue weighted by atomic mass is 9.70. The molecular weight excluding hydrogens is 617 g/mol. The van der Waals surface area contributed by atoms with Gasteiger partial charge in [-0.15, -0.1) is 0 Å². The second-order valence-corrected chi connectivity index (χ2v) is 13.7. The Balaban J connectivity index is 1.16. The van der Waals surface area contributed by atoms with Crippen LogP contribution in [0, 0.1) is 0 Å². The van der Waals surface area contributed by atoms with Crippen LogP contribution in [0.4, 0.5) is 0 Å². The van der Waals surface area contributed by atoms with E-state index in [9.17, 15) is 0 Å². The molecule has 0 saturated carbocycles. The van der Waals surface area contributed by atoms with E-state index in [0.717, 1.165) is 39.5 Å². The van der Waals surface area contributed by atoms with Crippen LogP contribution in [0.3, 0.4) is 0 Å². The molecule has 2 nitrogen and oxygen atoms in total. The quantitative estimate of drug-likeness (QED) is 0.178. The maximum Gasteiger partial charge on any atom is 0.160 e. The largest absolute Gasteiger partial charge is 0.228 e. The first-order chi connectivity index (χ1) is 25.3.